The van der Waals surface area contributed by atoms with Crippen LogP contribution in [0.1, 0.15) is 24.2 Å². The molecule has 0 saturated carbocycles. The summed E-state index contributed by atoms with van der Waals surface area (Å²) in [5.41, 5.74) is 1.13. The number of benzene rings is 1. The molecule has 20 heavy (non-hydrogen) atoms. The first-order valence-electron chi connectivity index (χ1n) is 6.66. The van der Waals surface area contributed by atoms with Crippen LogP contribution < -0.4 is 0 Å². The molecular weight excluding hydrogens is 256 g/mol. The monoisotopic (exact) mass is 274 g/mol. The molecule has 5 heteroatoms. The van der Waals surface area contributed by atoms with Crippen LogP contribution in [0.25, 0.3) is 10.9 Å². The van der Waals surface area contributed by atoms with E-state index < -0.39 is 5.97 Å². The number of hydrogen-bond acceptors (Lipinski definition) is 2. The van der Waals surface area contributed by atoms with E-state index >= 15 is 0 Å². The van der Waals surface area contributed by atoms with E-state index in [-0.39, 0.29) is 18.0 Å². The van der Waals surface area contributed by atoms with E-state index in [1.807, 2.05) is 30.7 Å². The topological polar surface area (TPSA) is 62.5 Å². The number of aromatic nitrogens is 1. The maximum Gasteiger partial charge on any atom is 0.335 e. The number of carboxylic acids is 1. The summed E-state index contributed by atoms with van der Waals surface area (Å²) in [5.74, 6) is -0.881. The van der Waals surface area contributed by atoms with Gasteiger partial charge in [-0.3, -0.25) is 4.79 Å². The summed E-state index contributed by atoms with van der Waals surface area (Å²) in [5, 5.41) is 9.80. The van der Waals surface area contributed by atoms with Crippen molar-refractivity contribution in [2.75, 3.05) is 13.1 Å². The lowest BCUT2D eigenvalue weighted by molar-refractivity contribution is -0.131. The zero-order valence-electron chi connectivity index (χ0n) is 11.7. The molecule has 1 aromatic heterocycles. The summed E-state index contributed by atoms with van der Waals surface area (Å²) >= 11 is 0. The second-order valence-electron chi connectivity index (χ2n) is 4.59. The number of aromatic carboxylic acids is 1. The highest BCUT2D eigenvalue weighted by molar-refractivity contribution is 5.94. The second-order valence-corrected chi connectivity index (χ2v) is 4.59. The zero-order valence-corrected chi connectivity index (χ0v) is 11.7. The van der Waals surface area contributed by atoms with Gasteiger partial charge in [-0.1, -0.05) is 0 Å². The van der Waals surface area contributed by atoms with E-state index in [0.29, 0.717) is 13.1 Å². The summed E-state index contributed by atoms with van der Waals surface area (Å²) in [6, 6.07) is 6.75. The molecule has 1 N–H and O–H groups in total. The molecule has 2 rings (SSSR count). The molecule has 0 aliphatic carbocycles. The Morgan fingerprint density at radius 3 is 2.50 bits per heavy atom. The molecule has 1 aromatic carbocycles. The molecule has 0 spiro atoms. The Bertz CT molecular complexity index is 642. The van der Waals surface area contributed by atoms with Crippen molar-refractivity contribution in [3.63, 3.8) is 0 Å². The minimum atomic E-state index is -0.945. The Balaban J connectivity index is 2.28. The molecule has 0 saturated heterocycles. The Kier molecular flexibility index (Phi) is 4.08. The Hall–Kier alpha value is -2.30. The highest BCUT2D eigenvalue weighted by Gasteiger charge is 2.12. The van der Waals surface area contributed by atoms with Gasteiger partial charge in [-0.25, -0.2) is 4.79 Å². The molecule has 0 unspecified atom stereocenters. The first-order valence-corrected chi connectivity index (χ1v) is 6.66. The molecule has 0 bridgehead atoms. The molecule has 0 atom stereocenters. The molecule has 0 aliphatic rings. The van der Waals surface area contributed by atoms with Crippen molar-refractivity contribution < 1.29 is 14.7 Å². The SMILES string of the molecule is CCN(CC)C(=O)Cn1ccc2cc(C(=O)O)ccc21. The summed E-state index contributed by atoms with van der Waals surface area (Å²) in [4.78, 5) is 24.8. The maximum atomic E-state index is 12.1. The van der Waals surface area contributed by atoms with Crippen LogP contribution in [-0.2, 0) is 11.3 Å². The van der Waals surface area contributed by atoms with Gasteiger partial charge < -0.3 is 14.6 Å². The third kappa shape index (κ3) is 2.66. The van der Waals surface area contributed by atoms with Crippen LogP contribution in [0.4, 0.5) is 0 Å². The molecule has 106 valence electrons. The minimum absolute atomic E-state index is 0.0646. The van der Waals surface area contributed by atoms with Gasteiger partial charge in [0, 0.05) is 30.2 Å². The van der Waals surface area contributed by atoms with E-state index in [4.69, 9.17) is 5.11 Å². The predicted molar refractivity (Wildman–Crippen MR) is 76.8 cm³/mol. The molecule has 0 aliphatic heterocycles. The fourth-order valence-electron chi connectivity index (χ4n) is 2.29. The van der Waals surface area contributed by atoms with Gasteiger partial charge in [0.2, 0.25) is 5.91 Å². The highest BCUT2D eigenvalue weighted by atomic mass is 16.4. The third-order valence-electron chi connectivity index (χ3n) is 3.44. The lowest BCUT2D eigenvalue weighted by Gasteiger charge is -2.19. The lowest BCUT2D eigenvalue weighted by atomic mass is 10.1. The Morgan fingerprint density at radius 2 is 1.90 bits per heavy atom. The number of amides is 1. The van der Waals surface area contributed by atoms with Crippen LogP contribution in [0.15, 0.2) is 30.5 Å². The van der Waals surface area contributed by atoms with Crippen molar-refractivity contribution in [1.29, 1.82) is 0 Å². The van der Waals surface area contributed by atoms with E-state index in [1.54, 1.807) is 23.1 Å². The normalized spacial score (nSPS) is 10.7. The number of carbonyl (C=O) groups excluding carboxylic acids is 1. The van der Waals surface area contributed by atoms with Crippen molar-refractivity contribution in [2.24, 2.45) is 0 Å². The third-order valence-corrected chi connectivity index (χ3v) is 3.44. The molecule has 0 fully saturated rings. The van der Waals surface area contributed by atoms with Gasteiger partial charge >= 0.3 is 5.97 Å². The molecule has 5 nitrogen and oxygen atoms in total. The molecular formula is C15H18N2O3. The van der Waals surface area contributed by atoms with E-state index in [2.05, 4.69) is 0 Å². The van der Waals surface area contributed by atoms with Gasteiger partial charge in [0.15, 0.2) is 0 Å². The number of rotatable bonds is 5. The molecule has 1 heterocycles. The first-order chi connectivity index (χ1) is 9.56. The average molecular weight is 274 g/mol. The quantitative estimate of drug-likeness (QED) is 0.909. The second kappa shape index (κ2) is 5.77. The van der Waals surface area contributed by atoms with E-state index in [0.717, 1.165) is 10.9 Å². The van der Waals surface area contributed by atoms with Crippen LogP contribution >= 0.6 is 0 Å². The summed E-state index contributed by atoms with van der Waals surface area (Å²) in [7, 11) is 0. The first kappa shape index (κ1) is 14.1. The van der Waals surface area contributed by atoms with Gasteiger partial charge in [-0.05, 0) is 38.1 Å². The smallest absolute Gasteiger partial charge is 0.335 e. The average Bonchev–Trinajstić information content (AvgIpc) is 2.82. The number of fused-ring (bicyclic) bond motifs is 1. The summed E-state index contributed by atoms with van der Waals surface area (Å²) in [6.45, 7) is 5.57. The number of likely N-dealkylation sites (N-methyl/N-ethyl adjacent to an activating group) is 1. The highest BCUT2D eigenvalue weighted by Crippen LogP contribution is 2.18. The number of carboxylic acid groups (broad SMARTS) is 1. The van der Waals surface area contributed by atoms with Crippen molar-refractivity contribution in [1.82, 2.24) is 9.47 Å². The number of carbonyl (C=O) groups is 2. The minimum Gasteiger partial charge on any atom is -0.478 e. The van der Waals surface area contributed by atoms with Crippen LogP contribution in [0.3, 0.4) is 0 Å². The van der Waals surface area contributed by atoms with Crippen LogP contribution in [0.5, 0.6) is 0 Å². The molecule has 2 aromatic rings. The van der Waals surface area contributed by atoms with Gasteiger partial charge in [0.05, 0.1) is 5.56 Å². The van der Waals surface area contributed by atoms with Crippen molar-refractivity contribution in [2.45, 2.75) is 20.4 Å². The van der Waals surface area contributed by atoms with Gasteiger partial charge in [-0.2, -0.15) is 0 Å². The number of nitrogens with zero attached hydrogens (tertiary/aromatic N) is 2. The number of hydrogen-bond donors (Lipinski definition) is 1. The Morgan fingerprint density at radius 1 is 1.20 bits per heavy atom. The van der Waals surface area contributed by atoms with Gasteiger partial charge in [0.1, 0.15) is 6.54 Å². The summed E-state index contributed by atoms with van der Waals surface area (Å²) in [6.07, 6.45) is 1.82. The van der Waals surface area contributed by atoms with Crippen molar-refractivity contribution in [3.8, 4) is 0 Å². The van der Waals surface area contributed by atoms with E-state index in [9.17, 15) is 9.59 Å². The predicted octanol–water partition coefficient (Wildman–Crippen LogP) is 2.21. The van der Waals surface area contributed by atoms with Crippen LogP contribution in [-0.4, -0.2) is 39.5 Å². The van der Waals surface area contributed by atoms with E-state index in [1.165, 1.54) is 0 Å². The standard InChI is InChI=1S/C15H18N2O3/c1-3-16(4-2)14(18)10-17-8-7-11-9-12(15(19)20)5-6-13(11)17/h5-9H,3-4,10H2,1-2H3,(H,19,20). The largest absolute Gasteiger partial charge is 0.478 e. The maximum absolute atomic E-state index is 12.1. The Labute approximate surface area is 117 Å². The fraction of sp³-hybridized carbons (Fsp3) is 0.333. The summed E-state index contributed by atoms with van der Waals surface area (Å²) < 4.78 is 1.85. The van der Waals surface area contributed by atoms with Crippen LogP contribution in [0.2, 0.25) is 0 Å². The van der Waals surface area contributed by atoms with Crippen molar-refractivity contribution in [3.05, 3.63) is 36.0 Å². The van der Waals surface area contributed by atoms with Gasteiger partial charge in [0.25, 0.3) is 0 Å². The molecule has 0 radical (unpaired) electrons. The van der Waals surface area contributed by atoms with Crippen molar-refractivity contribution >= 4 is 22.8 Å². The molecule has 1 amide bonds. The van der Waals surface area contributed by atoms with Crippen LogP contribution in [0, 0.1) is 0 Å². The fourth-order valence-corrected chi connectivity index (χ4v) is 2.29. The van der Waals surface area contributed by atoms with Gasteiger partial charge in [-0.15, -0.1) is 0 Å². The lowest BCUT2D eigenvalue weighted by Crippen LogP contribution is -2.33. The zero-order chi connectivity index (χ0) is 14.7.